The number of rotatable bonds is 27. The molecule has 0 aliphatic carbocycles. The van der Waals surface area contributed by atoms with Crippen LogP contribution in [-0.2, 0) is 133 Å². The average molecular weight is 1730 g/mol. The Morgan fingerprint density at radius 1 is 0.504 bits per heavy atom. The predicted octanol–water partition coefficient (Wildman–Crippen LogP) is 7.07. The van der Waals surface area contributed by atoms with Crippen molar-refractivity contribution in [3.8, 4) is 0 Å². The summed E-state index contributed by atoms with van der Waals surface area (Å²) in [7, 11) is 9.67. The molecule has 32 atom stereocenters. The summed E-state index contributed by atoms with van der Waals surface area (Å²) >= 11 is 0. The summed E-state index contributed by atoms with van der Waals surface area (Å²) in [5.41, 5.74) is -2.63. The van der Waals surface area contributed by atoms with Crippen LogP contribution in [0.2, 0.25) is 0 Å². The zero-order valence-corrected chi connectivity index (χ0v) is 74.8. The summed E-state index contributed by atoms with van der Waals surface area (Å²) in [6, 6.07) is -1.62. The molecule has 0 saturated carbocycles. The maximum Gasteiger partial charge on any atom is 0.309 e. The number of hydrogen-bond acceptors (Lipinski definition) is 34. The smallest absolute Gasteiger partial charge is 0.309 e. The highest BCUT2D eigenvalue weighted by atomic mass is 16.8. The largest absolute Gasteiger partial charge is 0.462 e. The second kappa shape index (κ2) is 50.5. The zero-order chi connectivity index (χ0) is 90.5. The Hall–Kier alpha value is -6.58. The van der Waals surface area contributed by atoms with Gasteiger partial charge in [-0.25, -0.2) is 0 Å². The number of aliphatic hydroxyl groups is 4. The fourth-order valence-electron chi connectivity index (χ4n) is 16.6. The summed E-state index contributed by atoms with van der Waals surface area (Å²) in [5, 5.41) is 46.8. The van der Waals surface area contributed by atoms with Crippen molar-refractivity contribution in [1.29, 1.82) is 0 Å². The fourth-order valence-corrected chi connectivity index (χ4v) is 16.6. The zero-order valence-electron chi connectivity index (χ0n) is 74.8. The molecule has 4 saturated heterocycles. The molecule has 0 spiro atoms. The number of methoxy groups -OCH3 is 2. The Kier molecular flexibility index (Phi) is 43.8. The predicted molar refractivity (Wildman–Crippen MR) is 434 cm³/mol. The first-order valence-corrected chi connectivity index (χ1v) is 42.5. The molecule has 0 aromatic rings. The molecule has 6 heterocycles. The van der Waals surface area contributed by atoms with Gasteiger partial charge in [-0.15, -0.1) is 0 Å². The van der Waals surface area contributed by atoms with E-state index in [-0.39, 0.29) is 70.1 Å². The minimum absolute atomic E-state index is 0.00608. The van der Waals surface area contributed by atoms with Gasteiger partial charge in [0, 0.05) is 92.3 Å². The van der Waals surface area contributed by atoms with Gasteiger partial charge < -0.3 is 125 Å². The second-order valence-electron chi connectivity index (χ2n) is 33.4. The molecule has 6 rings (SSSR count). The Morgan fingerprint density at radius 2 is 0.942 bits per heavy atom. The molecular formula is C87H140N2O32. The van der Waals surface area contributed by atoms with E-state index in [1.54, 1.807) is 157 Å². The quantitative estimate of drug-likeness (QED) is 0.0363. The lowest BCUT2D eigenvalue weighted by Crippen LogP contribution is -2.66. The minimum Gasteiger partial charge on any atom is -0.462 e. The van der Waals surface area contributed by atoms with E-state index in [1.165, 1.54) is 28.1 Å². The first-order chi connectivity index (χ1) is 57.1. The third-order valence-corrected chi connectivity index (χ3v) is 22.6. The molecule has 4 N–H and O–H groups in total. The molecular weight excluding hydrogens is 1580 g/mol. The number of cyclic esters (lactones) is 2. The Balaban J connectivity index is 0.000000432. The summed E-state index contributed by atoms with van der Waals surface area (Å²) in [6.07, 6.45) is -7.97. The lowest BCUT2D eigenvalue weighted by Gasteiger charge is -2.50. The van der Waals surface area contributed by atoms with Gasteiger partial charge in [0.05, 0.1) is 73.8 Å². The van der Waals surface area contributed by atoms with E-state index in [2.05, 4.69) is 0 Å². The van der Waals surface area contributed by atoms with Gasteiger partial charge in [0.1, 0.15) is 73.6 Å². The highest BCUT2D eigenvalue weighted by Crippen LogP contribution is 2.43. The lowest BCUT2D eigenvalue weighted by atomic mass is 9.82. The van der Waals surface area contributed by atoms with E-state index in [0.29, 0.717) is 31.8 Å². The van der Waals surface area contributed by atoms with Crippen LogP contribution in [0.1, 0.15) is 207 Å². The topological polar surface area (TPSA) is 424 Å². The van der Waals surface area contributed by atoms with Crippen molar-refractivity contribution in [2.75, 3.05) is 42.4 Å². The normalized spacial score (nSPS) is 39.3. The van der Waals surface area contributed by atoms with Crippen LogP contribution >= 0.6 is 0 Å². The maximum absolute atomic E-state index is 13.4. The molecule has 6 aliphatic heterocycles. The standard InChI is InChI=1S/C45H71NO17.C42H69NO15/c1-13-34(50)59-33-23-36(52)55-26(4)18-16-15-17-19-32(58-29(7)48)25(3)22-31(20-21-47)41(42(33)54-12)62-44-39(53)38(46(10)11)40(27(5)57-44)61-37-24-45(9,63-30(8)49)43(28(6)56-37)60-35(51)14-2;1-11-16-32(48)55-40-27(6)53-34(23-42(40,7)58-31(47)12-2)56-37-26(5)54-41(36(50)35(37)43(8)9)57-38-28(19-20-44)21-24(3)29(45)18-15-13-14-17-25(4)52-33(49)22-30(46)39(38)51-10/h15-17,19,21,25-28,31-33,37-44,53H,13-14,18,20,22-24H2,1-12H3;13-15,18,20,24-30,34-41,45-46,50H,11-12,16-17,19,21-23H2,1-10H3/b16-15+,19-17+;14-13+,18-15+/t25-,26-,27-,28+,31+,32+,33-,37+,38-,39-,40-,41+,42+,43+,44+,45-;24-,25-,26-,27+,28+,29+,30-,34+,35-,36-,37-,38+,39+,40+,41+,42-/m11/s1. The Morgan fingerprint density at radius 3 is 1.38 bits per heavy atom. The van der Waals surface area contributed by atoms with Crippen molar-refractivity contribution in [1.82, 2.24) is 9.80 Å². The number of aldehydes is 2. The molecule has 34 nitrogen and oxygen atoms in total. The number of carbonyl (C=O) groups is 10. The number of aliphatic hydroxyl groups excluding tert-OH is 4. The molecule has 6 aliphatic rings. The summed E-state index contributed by atoms with van der Waals surface area (Å²) in [5.74, 6) is -6.70. The third kappa shape index (κ3) is 31.2. The van der Waals surface area contributed by atoms with Gasteiger partial charge in [-0.05, 0) is 133 Å². The van der Waals surface area contributed by atoms with Gasteiger partial charge in [0.2, 0.25) is 0 Å². The molecule has 0 aromatic heterocycles. The lowest BCUT2D eigenvalue weighted by molar-refractivity contribution is -0.344. The summed E-state index contributed by atoms with van der Waals surface area (Å²) < 4.78 is 109. The summed E-state index contributed by atoms with van der Waals surface area (Å²) in [6.45, 7) is 26.6. The van der Waals surface area contributed by atoms with Crippen LogP contribution < -0.4 is 0 Å². The molecule has 34 heteroatoms. The first-order valence-electron chi connectivity index (χ1n) is 42.5. The van der Waals surface area contributed by atoms with E-state index >= 15 is 0 Å². The highest BCUT2D eigenvalue weighted by molar-refractivity contribution is 5.73. The average Bonchev–Trinajstić information content (AvgIpc) is 0.791. The number of hydrogen-bond donors (Lipinski definition) is 4. The molecule has 690 valence electrons. The third-order valence-electron chi connectivity index (χ3n) is 22.6. The van der Waals surface area contributed by atoms with Crippen LogP contribution in [0, 0.1) is 23.7 Å². The van der Waals surface area contributed by atoms with E-state index in [1.807, 2.05) is 26.8 Å². The van der Waals surface area contributed by atoms with E-state index in [9.17, 15) is 68.4 Å². The van der Waals surface area contributed by atoms with Crippen LogP contribution in [0.4, 0.5) is 0 Å². The number of likely N-dealkylation sites (N-methyl/N-ethyl adjacent to an activating group) is 2. The van der Waals surface area contributed by atoms with Crippen LogP contribution in [-0.4, -0.2) is 303 Å². The molecule has 0 unspecified atom stereocenters. The number of carbonyl (C=O) groups excluding carboxylic acids is 10. The molecule has 121 heavy (non-hydrogen) atoms. The van der Waals surface area contributed by atoms with Crippen LogP contribution in [0.3, 0.4) is 0 Å². The van der Waals surface area contributed by atoms with Crippen LogP contribution in [0.5, 0.6) is 0 Å². The van der Waals surface area contributed by atoms with Crippen molar-refractivity contribution in [2.45, 2.75) is 378 Å². The van der Waals surface area contributed by atoms with Gasteiger partial charge >= 0.3 is 47.8 Å². The van der Waals surface area contributed by atoms with Gasteiger partial charge in [0.15, 0.2) is 48.6 Å². The van der Waals surface area contributed by atoms with Gasteiger partial charge in [0.25, 0.3) is 0 Å². The monoisotopic (exact) mass is 1720 g/mol. The molecule has 0 amide bonds. The highest BCUT2D eigenvalue weighted by Gasteiger charge is 2.58. The van der Waals surface area contributed by atoms with Crippen molar-refractivity contribution >= 4 is 60.3 Å². The SMILES string of the molecule is CCC(=O)O[C@@H]1CC(=O)O[C@H](C)C/C=C/C=C/[C@H](OC(C)=O)[C@H](C)C[C@H](CC=O)[C@H](O[C@@H]2O[C@H](C)[C@@H](O[C@H]3C[C@@](C)(OC(C)=O)[C@@H](OC(=O)CC)[C@H](C)O3)[C@H](N(C)C)[C@H]2O)[C@H]1OC.CCCC(=O)O[C@H]1[C@H](C)O[C@@H](O[C@H]2[C@H](N(C)C)[C@@H](O)[C@H](O[C@H]3[C@@H](CC=O)C[C@@H](C)[C@@H](O)/C=C/C=C/C[C@@H](C)OC(=O)C[C@@H](O)[C@@H]3OC)O[C@@H]2C)C[C@@]1(C)OC(=O)CC. The number of nitrogens with zero attached hydrogens (tertiary/aromatic N) is 2. The number of allylic oxidation sites excluding steroid dienone is 4. The molecule has 0 aromatic carbocycles. The minimum atomic E-state index is -1.45. The van der Waals surface area contributed by atoms with Crippen molar-refractivity contribution in [2.24, 2.45) is 23.7 Å². The van der Waals surface area contributed by atoms with Crippen LogP contribution in [0.25, 0.3) is 0 Å². The Bertz CT molecular complexity index is 3390. The molecule has 0 bridgehead atoms. The van der Waals surface area contributed by atoms with Gasteiger partial charge in [-0.2, -0.15) is 0 Å². The van der Waals surface area contributed by atoms with Gasteiger partial charge in [-0.3, -0.25) is 38.4 Å². The second-order valence-corrected chi connectivity index (χ2v) is 33.4. The van der Waals surface area contributed by atoms with Crippen molar-refractivity contribution in [3.05, 3.63) is 48.6 Å². The number of ether oxygens (including phenoxy) is 18. The van der Waals surface area contributed by atoms with E-state index < -0.39 is 249 Å². The summed E-state index contributed by atoms with van der Waals surface area (Å²) in [4.78, 5) is 130. The fraction of sp³-hybridized carbons (Fsp3) is 0.793. The van der Waals surface area contributed by atoms with Crippen LogP contribution in [0.15, 0.2) is 48.6 Å². The van der Waals surface area contributed by atoms with E-state index in [0.717, 1.165) is 0 Å². The number of esters is 8. The molecule has 0 radical (unpaired) electrons. The van der Waals surface area contributed by atoms with Crippen molar-refractivity contribution in [3.63, 3.8) is 0 Å². The van der Waals surface area contributed by atoms with Gasteiger partial charge in [-0.1, -0.05) is 84.1 Å². The first kappa shape index (κ1) is 105. The van der Waals surface area contributed by atoms with Crippen molar-refractivity contribution < 1.29 is 154 Å². The van der Waals surface area contributed by atoms with E-state index in [4.69, 9.17) is 85.3 Å². The maximum atomic E-state index is 13.4. The molecule has 4 fully saturated rings. The Labute approximate surface area is 713 Å².